The van der Waals surface area contributed by atoms with Crippen molar-refractivity contribution in [2.45, 2.75) is 172 Å². The average molecular weight is 869 g/mol. The number of nitriles is 2. The second kappa shape index (κ2) is 23.8. The smallest absolute Gasteiger partial charge is 0.328 e. The lowest BCUT2D eigenvalue weighted by molar-refractivity contribution is -0.204. The molecule has 6 atom stereocenters. The third kappa shape index (κ3) is 14.5. The maximum Gasteiger partial charge on any atom is 0.328 e. The van der Waals surface area contributed by atoms with Crippen molar-refractivity contribution >= 4 is 18.9 Å². The lowest BCUT2D eigenvalue weighted by Crippen LogP contribution is -2.45. The highest BCUT2D eigenvalue weighted by Crippen LogP contribution is 2.52. The second-order valence-corrected chi connectivity index (χ2v) is 18.9. The summed E-state index contributed by atoms with van der Waals surface area (Å²) < 4.78 is 65.8. The van der Waals surface area contributed by atoms with Gasteiger partial charge in [0.05, 0.1) is 42.8 Å². The van der Waals surface area contributed by atoms with Crippen LogP contribution in [0.25, 0.3) is 5.52 Å². The number of nitrogens with zero attached hydrogens (tertiary/aromatic N) is 5. The van der Waals surface area contributed by atoms with Crippen LogP contribution in [-0.4, -0.2) is 75.2 Å². The van der Waals surface area contributed by atoms with E-state index in [4.69, 9.17) is 33.9 Å². The van der Waals surface area contributed by atoms with Crippen LogP contribution in [0.1, 0.15) is 153 Å². The van der Waals surface area contributed by atoms with Crippen LogP contribution in [0.2, 0.25) is 0 Å². The number of rotatable bonds is 29. The molecule has 3 aromatic rings. The molecule has 4 heterocycles. The maximum absolute atomic E-state index is 14.2. The number of fused-ring (bicyclic) bond motifs is 2. The molecule has 0 spiro atoms. The molecule has 16 heteroatoms. The number of halogens is 1. The number of hydrogen-bond donors (Lipinski definition) is 2. The molecule has 2 aliphatic heterocycles. The lowest BCUT2D eigenvalue weighted by Gasteiger charge is -2.29. The summed E-state index contributed by atoms with van der Waals surface area (Å²) in [7, 11) is -4.35. The van der Waals surface area contributed by atoms with E-state index in [-0.39, 0.29) is 37.2 Å². The molecule has 2 saturated heterocycles. The average Bonchev–Trinajstić information content (AvgIpc) is 3.90. The van der Waals surface area contributed by atoms with Crippen molar-refractivity contribution < 1.29 is 42.1 Å². The first-order valence-electron chi connectivity index (χ1n) is 22.3. The number of hydrogen-bond acceptors (Lipinski definition) is 12. The Labute approximate surface area is 360 Å². The molecule has 61 heavy (non-hydrogen) atoms. The Balaban J connectivity index is 1.09. The molecule has 2 fully saturated rings. The molecule has 1 unspecified atom stereocenters. The van der Waals surface area contributed by atoms with E-state index in [0.29, 0.717) is 23.4 Å². The van der Waals surface area contributed by atoms with E-state index in [2.05, 4.69) is 23.1 Å². The highest BCUT2D eigenvalue weighted by Gasteiger charge is 2.65. The number of benzene rings is 1. The Kier molecular flexibility index (Phi) is 18.9. The molecule has 14 nitrogen and oxygen atoms in total. The van der Waals surface area contributed by atoms with Gasteiger partial charge in [-0.15, -0.1) is 0 Å². The zero-order chi connectivity index (χ0) is 43.7. The lowest BCUT2D eigenvalue weighted by atomic mass is 9.96. The molecular weight excluding hydrogens is 803 g/mol. The molecule has 0 amide bonds. The van der Waals surface area contributed by atoms with Crippen LogP contribution in [0.4, 0.5) is 10.2 Å². The molecule has 0 saturated carbocycles. The third-order valence-electron chi connectivity index (χ3n) is 11.4. The normalized spacial score (nSPS) is 22.2. The Morgan fingerprint density at radius 2 is 1.61 bits per heavy atom. The minimum absolute atomic E-state index is 0.0376. The Morgan fingerprint density at radius 3 is 2.25 bits per heavy atom. The van der Waals surface area contributed by atoms with Gasteiger partial charge in [0.2, 0.25) is 5.60 Å². The van der Waals surface area contributed by atoms with Gasteiger partial charge in [-0.25, -0.2) is 13.9 Å². The minimum Gasteiger partial charge on any atom is -0.382 e. The Bertz CT molecular complexity index is 1950. The fraction of sp³-hybridized carbons (Fsp3) is 0.689. The molecule has 1 aromatic carbocycles. The fourth-order valence-electron chi connectivity index (χ4n) is 8.15. The molecule has 0 bridgehead atoms. The van der Waals surface area contributed by atoms with E-state index in [1.54, 1.807) is 30.5 Å². The number of nitrogen functional groups attached to an aromatic ring is 1. The summed E-state index contributed by atoms with van der Waals surface area (Å²) in [4.78, 5) is 15.1. The first-order valence-corrected chi connectivity index (χ1v) is 24.0. The molecular formula is C45H66FN6O8P. The maximum atomic E-state index is 14.2. The molecule has 0 aliphatic carbocycles. The Hall–Kier alpha value is -3.50. The number of nitrogens with two attached hydrogens (primary N) is 1. The molecule has 2 aromatic heterocycles. The van der Waals surface area contributed by atoms with Crippen LogP contribution in [0.5, 0.6) is 0 Å². The highest BCUT2D eigenvalue weighted by atomic mass is 31.2. The topological polar surface area (TPSA) is 196 Å². The van der Waals surface area contributed by atoms with Gasteiger partial charge in [-0.1, -0.05) is 103 Å². The van der Waals surface area contributed by atoms with Gasteiger partial charge in [-0.05, 0) is 62.6 Å². The quantitative estimate of drug-likeness (QED) is 0.0495. The van der Waals surface area contributed by atoms with E-state index in [1.807, 2.05) is 6.07 Å². The van der Waals surface area contributed by atoms with Crippen molar-refractivity contribution in [3.8, 4) is 12.1 Å². The largest absolute Gasteiger partial charge is 0.382 e. The number of ether oxygens (including phenoxy) is 5. The van der Waals surface area contributed by atoms with Gasteiger partial charge in [0.1, 0.15) is 48.6 Å². The predicted molar refractivity (Wildman–Crippen MR) is 229 cm³/mol. The minimum atomic E-state index is -4.35. The van der Waals surface area contributed by atoms with Crippen LogP contribution >= 0.6 is 7.60 Å². The van der Waals surface area contributed by atoms with Gasteiger partial charge < -0.3 is 38.8 Å². The highest BCUT2D eigenvalue weighted by molar-refractivity contribution is 7.52. The fourth-order valence-corrected chi connectivity index (χ4v) is 9.29. The SMILES string of the molecule is CCCCCCCCCCCCCCCCCCOC[C@H](CCP(=O)(O)OC[C@@]1(C#N)O[C@@H](c2ccc3c(N)ncnn23)[C@@H]2OC(C)(C)O[C@@H]21)OCc1cc(F)cc(C#N)c1. The molecule has 336 valence electrons. The summed E-state index contributed by atoms with van der Waals surface area (Å²) in [6.45, 7) is 5.70. The summed E-state index contributed by atoms with van der Waals surface area (Å²) >= 11 is 0. The van der Waals surface area contributed by atoms with Crippen LogP contribution in [0, 0.1) is 28.5 Å². The van der Waals surface area contributed by atoms with E-state index < -0.39 is 55.8 Å². The number of anilines is 1. The molecule has 2 aliphatic rings. The van der Waals surface area contributed by atoms with E-state index in [9.17, 15) is 24.4 Å². The van der Waals surface area contributed by atoms with Gasteiger partial charge in [-0.2, -0.15) is 15.6 Å². The number of unbranched alkanes of at least 4 members (excludes halogenated alkanes) is 15. The monoisotopic (exact) mass is 868 g/mol. The second-order valence-electron chi connectivity index (χ2n) is 17.0. The molecule has 0 radical (unpaired) electrons. The summed E-state index contributed by atoms with van der Waals surface area (Å²) in [6, 6.07) is 11.5. The summed E-state index contributed by atoms with van der Waals surface area (Å²) in [6.07, 6.45) is 18.2. The van der Waals surface area contributed by atoms with Crippen molar-refractivity contribution in [2.75, 3.05) is 31.7 Å². The summed E-state index contributed by atoms with van der Waals surface area (Å²) in [5.41, 5.74) is 5.93. The predicted octanol–water partition coefficient (Wildman–Crippen LogP) is 9.63. The van der Waals surface area contributed by atoms with E-state index in [1.165, 1.54) is 102 Å². The Morgan fingerprint density at radius 1 is 0.951 bits per heavy atom. The summed E-state index contributed by atoms with van der Waals surface area (Å²) in [5, 5.41) is 24.2. The first kappa shape index (κ1) is 48.5. The first-order chi connectivity index (χ1) is 29.4. The van der Waals surface area contributed by atoms with Crippen molar-refractivity contribution in [2.24, 2.45) is 0 Å². The van der Waals surface area contributed by atoms with Gasteiger partial charge >= 0.3 is 7.60 Å². The third-order valence-corrected chi connectivity index (χ3v) is 12.8. The van der Waals surface area contributed by atoms with Crippen LogP contribution in [0.15, 0.2) is 36.7 Å². The van der Waals surface area contributed by atoms with Gasteiger partial charge in [-0.3, -0.25) is 4.57 Å². The zero-order valence-electron chi connectivity index (χ0n) is 36.3. The van der Waals surface area contributed by atoms with Gasteiger partial charge in [0.25, 0.3) is 0 Å². The van der Waals surface area contributed by atoms with Crippen molar-refractivity contribution in [1.82, 2.24) is 14.6 Å². The number of aromatic nitrogens is 3. The van der Waals surface area contributed by atoms with Crippen LogP contribution < -0.4 is 5.73 Å². The summed E-state index contributed by atoms with van der Waals surface area (Å²) in [5.74, 6) is -1.39. The van der Waals surface area contributed by atoms with E-state index in [0.717, 1.165) is 25.3 Å². The van der Waals surface area contributed by atoms with E-state index >= 15 is 0 Å². The van der Waals surface area contributed by atoms with Crippen molar-refractivity contribution in [1.29, 1.82) is 10.5 Å². The van der Waals surface area contributed by atoms with Crippen LogP contribution in [0.3, 0.4) is 0 Å². The molecule has 3 N–H and O–H groups in total. The van der Waals surface area contributed by atoms with Gasteiger partial charge in [0.15, 0.2) is 11.6 Å². The zero-order valence-corrected chi connectivity index (χ0v) is 37.2. The van der Waals surface area contributed by atoms with Crippen molar-refractivity contribution in [3.05, 3.63) is 59.3 Å². The molecule has 5 rings (SSSR count). The van der Waals surface area contributed by atoms with Gasteiger partial charge in [0, 0.05) is 6.61 Å². The van der Waals surface area contributed by atoms with Crippen LogP contribution in [-0.2, 0) is 39.4 Å². The van der Waals surface area contributed by atoms with Crippen molar-refractivity contribution in [3.63, 3.8) is 0 Å². The standard InChI is InChI=1S/C45H66FN6O8P/c1-4-5-6-7-8-9-10-11-12-13-14-15-16-17-18-19-23-55-30-37(56-29-35-25-34(28-47)26-36(46)27-35)22-24-61(53,54)57-32-45(31-48)42-41(58-44(2,3)60-42)40(59-45)38-20-21-39-43(49)50-33-51-52(38)39/h20-21,25-27,33,37,40-42H,4-19,22-24,29-30,32H2,1-3H3,(H,53,54)(H2,49,50,51)/t37-,40-,41-,42-,45+/m0/s1.